The van der Waals surface area contributed by atoms with Gasteiger partial charge in [0.05, 0.1) is 18.5 Å². The van der Waals surface area contributed by atoms with Crippen molar-refractivity contribution in [2.24, 2.45) is 5.92 Å². The minimum absolute atomic E-state index is 0.0206. The van der Waals surface area contributed by atoms with Crippen molar-refractivity contribution in [3.63, 3.8) is 0 Å². The standard InChI is InChI=1S/C15H26N4O/c1-12(6-7-16)19-9-3-4-13(11-19)10-18-15(20)14-5-2-8-17-14/h12-14,17H,2-6,8-11H2,1H3,(H,18,20). The number of hydrogen-bond donors (Lipinski definition) is 2. The van der Waals surface area contributed by atoms with Gasteiger partial charge >= 0.3 is 0 Å². The van der Waals surface area contributed by atoms with Crippen LogP contribution in [0.1, 0.15) is 39.0 Å². The Hall–Kier alpha value is -1.12. The number of carbonyl (C=O) groups is 1. The van der Waals surface area contributed by atoms with Crippen LogP contribution < -0.4 is 10.6 Å². The largest absolute Gasteiger partial charge is 0.354 e. The highest BCUT2D eigenvalue weighted by Crippen LogP contribution is 2.19. The van der Waals surface area contributed by atoms with Gasteiger partial charge in [-0.3, -0.25) is 9.69 Å². The summed E-state index contributed by atoms with van der Waals surface area (Å²) in [4.78, 5) is 14.4. The van der Waals surface area contributed by atoms with Crippen LogP contribution in [0.15, 0.2) is 0 Å². The van der Waals surface area contributed by atoms with Gasteiger partial charge in [0.25, 0.3) is 0 Å². The van der Waals surface area contributed by atoms with Crippen LogP contribution >= 0.6 is 0 Å². The van der Waals surface area contributed by atoms with Crippen LogP contribution in [0.3, 0.4) is 0 Å². The number of nitrogens with one attached hydrogen (secondary N) is 2. The van der Waals surface area contributed by atoms with Crippen LogP contribution in [0.4, 0.5) is 0 Å². The number of nitriles is 1. The van der Waals surface area contributed by atoms with E-state index in [1.54, 1.807) is 0 Å². The lowest BCUT2D eigenvalue weighted by molar-refractivity contribution is -0.123. The Bertz CT molecular complexity index is 359. The molecule has 2 aliphatic rings. The third kappa shape index (κ3) is 4.19. The molecule has 2 heterocycles. The molecule has 2 saturated heterocycles. The van der Waals surface area contributed by atoms with Gasteiger partial charge in [-0.15, -0.1) is 0 Å². The molecule has 0 bridgehead atoms. The number of likely N-dealkylation sites (tertiary alicyclic amines) is 1. The van der Waals surface area contributed by atoms with E-state index in [1.807, 2.05) is 0 Å². The Morgan fingerprint density at radius 1 is 1.50 bits per heavy atom. The average Bonchev–Trinajstić information content (AvgIpc) is 2.99. The van der Waals surface area contributed by atoms with Crippen LogP contribution in [-0.2, 0) is 4.79 Å². The van der Waals surface area contributed by atoms with E-state index in [0.29, 0.717) is 18.4 Å². The molecule has 20 heavy (non-hydrogen) atoms. The summed E-state index contributed by atoms with van der Waals surface area (Å²) < 4.78 is 0. The van der Waals surface area contributed by atoms with Gasteiger partial charge < -0.3 is 10.6 Å². The molecule has 2 aliphatic heterocycles. The summed E-state index contributed by atoms with van der Waals surface area (Å²) in [6, 6.07) is 2.60. The molecule has 0 spiro atoms. The monoisotopic (exact) mass is 278 g/mol. The number of piperidine rings is 1. The predicted octanol–water partition coefficient (Wildman–Crippen LogP) is 0.869. The highest BCUT2D eigenvalue weighted by atomic mass is 16.2. The molecular weight excluding hydrogens is 252 g/mol. The van der Waals surface area contributed by atoms with E-state index in [4.69, 9.17) is 5.26 Å². The first kappa shape index (κ1) is 15.3. The van der Waals surface area contributed by atoms with Gasteiger partial charge in [-0.1, -0.05) is 0 Å². The minimum Gasteiger partial charge on any atom is -0.354 e. The first-order chi connectivity index (χ1) is 9.70. The van der Waals surface area contributed by atoms with E-state index in [0.717, 1.165) is 45.4 Å². The average molecular weight is 278 g/mol. The summed E-state index contributed by atoms with van der Waals surface area (Å²) in [5.41, 5.74) is 0. The SMILES string of the molecule is CC(CC#N)N1CCCC(CNC(=O)C2CCCN2)C1. The van der Waals surface area contributed by atoms with Crippen LogP contribution in [0.2, 0.25) is 0 Å². The molecule has 1 amide bonds. The van der Waals surface area contributed by atoms with Crippen molar-refractivity contribution in [3.05, 3.63) is 0 Å². The molecule has 0 aromatic rings. The van der Waals surface area contributed by atoms with Gasteiger partial charge in [-0.25, -0.2) is 0 Å². The molecular formula is C15H26N4O. The third-order valence-corrected chi connectivity index (χ3v) is 4.50. The van der Waals surface area contributed by atoms with Crippen molar-refractivity contribution in [2.45, 2.75) is 51.1 Å². The number of carbonyl (C=O) groups excluding carboxylic acids is 1. The van der Waals surface area contributed by atoms with Gasteiger partial charge in [-0.2, -0.15) is 5.26 Å². The molecule has 2 rings (SSSR count). The highest BCUT2D eigenvalue weighted by molar-refractivity contribution is 5.81. The zero-order valence-electron chi connectivity index (χ0n) is 12.4. The van der Waals surface area contributed by atoms with Crippen LogP contribution in [0.25, 0.3) is 0 Å². The Balaban J connectivity index is 1.72. The predicted molar refractivity (Wildman–Crippen MR) is 78.0 cm³/mol. The summed E-state index contributed by atoms with van der Waals surface area (Å²) >= 11 is 0. The number of nitrogens with zero attached hydrogens (tertiary/aromatic N) is 2. The molecule has 0 radical (unpaired) electrons. The summed E-state index contributed by atoms with van der Waals surface area (Å²) in [5, 5.41) is 15.1. The lowest BCUT2D eigenvalue weighted by Gasteiger charge is -2.36. The second-order valence-electron chi connectivity index (χ2n) is 6.11. The van der Waals surface area contributed by atoms with Crippen LogP contribution in [0.5, 0.6) is 0 Å². The minimum atomic E-state index is 0.0206. The second-order valence-corrected chi connectivity index (χ2v) is 6.11. The van der Waals surface area contributed by atoms with Crippen molar-refractivity contribution in [3.8, 4) is 6.07 Å². The maximum absolute atomic E-state index is 12.0. The Kier molecular flexibility index (Phi) is 5.81. The molecule has 3 unspecified atom stereocenters. The summed E-state index contributed by atoms with van der Waals surface area (Å²) in [7, 11) is 0. The zero-order chi connectivity index (χ0) is 14.4. The van der Waals surface area contributed by atoms with Crippen LogP contribution in [-0.4, -0.2) is 49.1 Å². The number of rotatable bonds is 5. The Morgan fingerprint density at radius 3 is 3.05 bits per heavy atom. The highest BCUT2D eigenvalue weighted by Gasteiger charge is 2.26. The Labute approximate surface area is 121 Å². The smallest absolute Gasteiger partial charge is 0.237 e. The van der Waals surface area contributed by atoms with Crippen molar-refractivity contribution < 1.29 is 4.79 Å². The molecule has 112 valence electrons. The van der Waals surface area contributed by atoms with Crippen molar-refractivity contribution in [1.29, 1.82) is 5.26 Å². The van der Waals surface area contributed by atoms with E-state index in [-0.39, 0.29) is 11.9 Å². The summed E-state index contributed by atoms with van der Waals surface area (Å²) in [6.07, 6.45) is 4.99. The Morgan fingerprint density at radius 2 is 2.35 bits per heavy atom. The van der Waals surface area contributed by atoms with Gasteiger partial charge in [0, 0.05) is 19.1 Å². The maximum Gasteiger partial charge on any atom is 0.237 e. The first-order valence-corrected chi connectivity index (χ1v) is 7.82. The topological polar surface area (TPSA) is 68.2 Å². The van der Waals surface area contributed by atoms with Gasteiger partial charge in [-0.05, 0) is 51.6 Å². The molecule has 5 nitrogen and oxygen atoms in total. The molecule has 0 saturated carbocycles. The molecule has 3 atom stereocenters. The van der Waals surface area contributed by atoms with Crippen molar-refractivity contribution in [2.75, 3.05) is 26.2 Å². The van der Waals surface area contributed by atoms with Crippen molar-refractivity contribution >= 4 is 5.91 Å². The maximum atomic E-state index is 12.0. The molecule has 2 N–H and O–H groups in total. The van der Waals surface area contributed by atoms with E-state index in [9.17, 15) is 4.79 Å². The zero-order valence-corrected chi connectivity index (χ0v) is 12.4. The number of amides is 1. The normalized spacial score (nSPS) is 28.8. The third-order valence-electron chi connectivity index (χ3n) is 4.50. The fourth-order valence-electron chi connectivity index (χ4n) is 3.20. The summed E-state index contributed by atoms with van der Waals surface area (Å²) in [5.74, 6) is 0.681. The quantitative estimate of drug-likeness (QED) is 0.783. The van der Waals surface area contributed by atoms with Gasteiger partial charge in [0.1, 0.15) is 0 Å². The van der Waals surface area contributed by atoms with Gasteiger partial charge in [0.2, 0.25) is 5.91 Å². The molecule has 5 heteroatoms. The summed E-state index contributed by atoms with van der Waals surface area (Å²) in [6.45, 7) is 5.93. The molecule has 0 aliphatic carbocycles. The number of hydrogen-bond acceptors (Lipinski definition) is 4. The second kappa shape index (κ2) is 7.61. The molecule has 2 fully saturated rings. The van der Waals surface area contributed by atoms with Crippen molar-refractivity contribution in [1.82, 2.24) is 15.5 Å². The van der Waals surface area contributed by atoms with Crippen LogP contribution in [0, 0.1) is 17.2 Å². The first-order valence-electron chi connectivity index (χ1n) is 7.82. The lowest BCUT2D eigenvalue weighted by atomic mass is 9.96. The lowest BCUT2D eigenvalue weighted by Crippen LogP contribution is -2.47. The molecule has 0 aromatic carbocycles. The van der Waals surface area contributed by atoms with Gasteiger partial charge in [0.15, 0.2) is 0 Å². The van der Waals surface area contributed by atoms with E-state index in [2.05, 4.69) is 28.5 Å². The van der Waals surface area contributed by atoms with E-state index >= 15 is 0 Å². The fraction of sp³-hybridized carbons (Fsp3) is 0.867. The van der Waals surface area contributed by atoms with E-state index in [1.165, 1.54) is 6.42 Å². The fourth-order valence-corrected chi connectivity index (χ4v) is 3.20. The van der Waals surface area contributed by atoms with E-state index < -0.39 is 0 Å². The molecule has 0 aromatic heterocycles.